The Labute approximate surface area is 110 Å². The van der Waals surface area contributed by atoms with Gasteiger partial charge in [-0.05, 0) is 46.7 Å². The number of likely N-dealkylation sites (tertiary alicyclic amines) is 1. The minimum absolute atomic E-state index is 0.591. The van der Waals surface area contributed by atoms with Gasteiger partial charge in [0.1, 0.15) is 11.6 Å². The maximum atomic E-state index is 4.61. The molecular weight excluding hydrogens is 224 g/mol. The van der Waals surface area contributed by atoms with Crippen molar-refractivity contribution in [3.05, 3.63) is 17.6 Å². The fourth-order valence-corrected chi connectivity index (χ4v) is 2.64. The van der Waals surface area contributed by atoms with Crippen molar-refractivity contribution in [1.82, 2.24) is 14.9 Å². The van der Waals surface area contributed by atoms with Crippen LogP contribution in [0.3, 0.4) is 0 Å². The van der Waals surface area contributed by atoms with Crippen LogP contribution in [0.25, 0.3) is 0 Å². The van der Waals surface area contributed by atoms with Crippen molar-refractivity contribution in [3.63, 3.8) is 0 Å². The van der Waals surface area contributed by atoms with Crippen molar-refractivity contribution < 1.29 is 0 Å². The molecule has 0 saturated carbocycles. The Bertz CT molecular complexity index is 395. The molecule has 1 aromatic heterocycles. The smallest absolute Gasteiger partial charge is 0.129 e. The molecule has 1 aliphatic heterocycles. The van der Waals surface area contributed by atoms with Gasteiger partial charge in [0, 0.05) is 30.8 Å². The maximum Gasteiger partial charge on any atom is 0.129 e. The lowest BCUT2D eigenvalue weighted by molar-refractivity contribution is 0.170. The summed E-state index contributed by atoms with van der Waals surface area (Å²) in [4.78, 5) is 11.5. The van der Waals surface area contributed by atoms with E-state index in [9.17, 15) is 0 Å². The molecule has 4 heteroatoms. The second-order valence-electron chi connectivity index (χ2n) is 5.38. The third kappa shape index (κ3) is 2.99. The van der Waals surface area contributed by atoms with Crippen LogP contribution in [0.1, 0.15) is 44.1 Å². The van der Waals surface area contributed by atoms with E-state index in [1.54, 1.807) is 0 Å². The van der Waals surface area contributed by atoms with Crippen LogP contribution in [-0.2, 0) is 0 Å². The van der Waals surface area contributed by atoms with E-state index in [0.717, 1.165) is 11.6 Å². The third-order valence-electron chi connectivity index (χ3n) is 3.79. The van der Waals surface area contributed by atoms with Crippen molar-refractivity contribution in [2.24, 2.45) is 0 Å². The number of anilines is 1. The van der Waals surface area contributed by atoms with Crippen LogP contribution in [0.15, 0.2) is 6.07 Å². The van der Waals surface area contributed by atoms with Crippen LogP contribution in [0.5, 0.6) is 0 Å². The number of nitrogens with one attached hydrogen (secondary N) is 1. The number of piperidine rings is 1. The fraction of sp³-hybridized carbons (Fsp3) is 0.714. The van der Waals surface area contributed by atoms with Crippen LogP contribution in [0.2, 0.25) is 0 Å². The molecule has 1 aromatic rings. The molecule has 0 spiro atoms. The molecule has 1 N–H and O–H groups in total. The Balaban J connectivity index is 2.07. The SMILES string of the molecule is CNc1cc(C2CCN(C(C)C)CC2)nc(C)n1. The Hall–Kier alpha value is -1.16. The lowest BCUT2D eigenvalue weighted by Gasteiger charge is -2.34. The summed E-state index contributed by atoms with van der Waals surface area (Å²) in [5, 5.41) is 3.11. The summed E-state index contributed by atoms with van der Waals surface area (Å²) in [6, 6.07) is 2.76. The van der Waals surface area contributed by atoms with E-state index in [0.29, 0.717) is 12.0 Å². The van der Waals surface area contributed by atoms with E-state index in [1.165, 1.54) is 31.6 Å². The first-order valence-electron chi connectivity index (χ1n) is 6.87. The van der Waals surface area contributed by atoms with E-state index in [-0.39, 0.29) is 0 Å². The Kier molecular flexibility index (Phi) is 4.17. The molecule has 2 rings (SSSR count). The van der Waals surface area contributed by atoms with Gasteiger partial charge in [0.2, 0.25) is 0 Å². The van der Waals surface area contributed by atoms with E-state index in [2.05, 4.69) is 40.1 Å². The zero-order valence-corrected chi connectivity index (χ0v) is 11.9. The van der Waals surface area contributed by atoms with Gasteiger partial charge >= 0.3 is 0 Å². The third-order valence-corrected chi connectivity index (χ3v) is 3.79. The zero-order chi connectivity index (χ0) is 13.1. The fourth-order valence-electron chi connectivity index (χ4n) is 2.64. The normalized spacial score (nSPS) is 18.3. The average molecular weight is 248 g/mol. The number of rotatable bonds is 3. The Morgan fingerprint density at radius 3 is 2.50 bits per heavy atom. The van der Waals surface area contributed by atoms with Crippen LogP contribution in [-0.4, -0.2) is 41.0 Å². The van der Waals surface area contributed by atoms with Crippen molar-refractivity contribution in [3.8, 4) is 0 Å². The highest BCUT2D eigenvalue weighted by Crippen LogP contribution is 2.28. The van der Waals surface area contributed by atoms with Crippen LogP contribution in [0.4, 0.5) is 5.82 Å². The summed E-state index contributed by atoms with van der Waals surface area (Å²) in [7, 11) is 1.91. The van der Waals surface area contributed by atoms with Gasteiger partial charge in [0.25, 0.3) is 0 Å². The summed E-state index contributed by atoms with van der Waals surface area (Å²) in [5.41, 5.74) is 1.20. The molecule has 0 aromatic carbocycles. The highest BCUT2D eigenvalue weighted by Gasteiger charge is 2.23. The predicted octanol–water partition coefficient (Wildman–Crippen LogP) is 2.41. The molecule has 4 nitrogen and oxygen atoms in total. The molecule has 0 atom stereocenters. The molecule has 0 bridgehead atoms. The first-order valence-corrected chi connectivity index (χ1v) is 6.87. The van der Waals surface area contributed by atoms with Crippen molar-refractivity contribution >= 4 is 5.82 Å². The van der Waals surface area contributed by atoms with Crippen LogP contribution < -0.4 is 5.32 Å². The largest absolute Gasteiger partial charge is 0.373 e. The summed E-state index contributed by atoms with van der Waals surface area (Å²) < 4.78 is 0. The predicted molar refractivity (Wildman–Crippen MR) is 75.0 cm³/mol. The minimum Gasteiger partial charge on any atom is -0.373 e. The second kappa shape index (κ2) is 5.65. The van der Waals surface area contributed by atoms with E-state index in [4.69, 9.17) is 0 Å². The zero-order valence-electron chi connectivity index (χ0n) is 11.9. The van der Waals surface area contributed by atoms with Gasteiger partial charge in [-0.15, -0.1) is 0 Å². The molecular formula is C14H24N4. The van der Waals surface area contributed by atoms with Crippen LogP contribution in [0, 0.1) is 6.92 Å². The van der Waals surface area contributed by atoms with Gasteiger partial charge in [-0.3, -0.25) is 0 Å². The molecule has 0 unspecified atom stereocenters. The lowest BCUT2D eigenvalue weighted by Crippen LogP contribution is -2.38. The monoisotopic (exact) mass is 248 g/mol. The van der Waals surface area contributed by atoms with Gasteiger partial charge in [-0.25, -0.2) is 9.97 Å². The molecule has 0 aliphatic carbocycles. The van der Waals surface area contributed by atoms with Gasteiger partial charge in [-0.1, -0.05) is 0 Å². The standard InChI is InChI=1S/C14H24N4/c1-10(2)18-7-5-12(6-8-18)13-9-14(15-4)17-11(3)16-13/h9-10,12H,5-8H2,1-4H3,(H,15,16,17). The number of hydrogen-bond acceptors (Lipinski definition) is 4. The van der Waals surface area contributed by atoms with Gasteiger partial charge in [0.15, 0.2) is 0 Å². The van der Waals surface area contributed by atoms with Crippen LogP contribution >= 0.6 is 0 Å². The molecule has 1 saturated heterocycles. The Morgan fingerprint density at radius 2 is 1.94 bits per heavy atom. The number of aryl methyl sites for hydroxylation is 1. The Morgan fingerprint density at radius 1 is 1.28 bits per heavy atom. The number of nitrogens with zero attached hydrogens (tertiary/aromatic N) is 3. The summed E-state index contributed by atoms with van der Waals surface area (Å²) in [6.45, 7) is 8.87. The molecule has 0 amide bonds. The topological polar surface area (TPSA) is 41.0 Å². The molecule has 2 heterocycles. The van der Waals surface area contributed by atoms with Gasteiger partial charge in [0.05, 0.1) is 0 Å². The first-order chi connectivity index (χ1) is 8.60. The summed E-state index contributed by atoms with van der Waals surface area (Å²) in [6.07, 6.45) is 2.41. The van der Waals surface area contributed by atoms with Crippen molar-refractivity contribution in [2.45, 2.75) is 45.6 Å². The number of aromatic nitrogens is 2. The molecule has 100 valence electrons. The highest BCUT2D eigenvalue weighted by atomic mass is 15.1. The second-order valence-corrected chi connectivity index (χ2v) is 5.38. The van der Waals surface area contributed by atoms with Crippen molar-refractivity contribution in [1.29, 1.82) is 0 Å². The molecule has 0 radical (unpaired) electrons. The highest BCUT2D eigenvalue weighted by molar-refractivity contribution is 5.36. The van der Waals surface area contributed by atoms with E-state index in [1.807, 2.05) is 14.0 Å². The summed E-state index contributed by atoms with van der Waals surface area (Å²) >= 11 is 0. The first kappa shape index (κ1) is 13.3. The van der Waals surface area contributed by atoms with E-state index >= 15 is 0 Å². The molecule has 1 aliphatic rings. The van der Waals surface area contributed by atoms with Gasteiger partial charge < -0.3 is 10.2 Å². The summed E-state index contributed by atoms with van der Waals surface area (Å²) in [5.74, 6) is 2.39. The molecule has 18 heavy (non-hydrogen) atoms. The molecule has 1 fully saturated rings. The number of hydrogen-bond donors (Lipinski definition) is 1. The minimum atomic E-state index is 0.591. The van der Waals surface area contributed by atoms with Crippen molar-refractivity contribution in [2.75, 3.05) is 25.5 Å². The van der Waals surface area contributed by atoms with E-state index < -0.39 is 0 Å². The van der Waals surface area contributed by atoms with Gasteiger partial charge in [-0.2, -0.15) is 0 Å². The average Bonchev–Trinajstić information content (AvgIpc) is 2.38. The lowest BCUT2D eigenvalue weighted by atomic mass is 9.92. The maximum absolute atomic E-state index is 4.61. The quantitative estimate of drug-likeness (QED) is 0.892.